The van der Waals surface area contributed by atoms with Gasteiger partial charge in [0, 0.05) is 11.1 Å². The highest BCUT2D eigenvalue weighted by atomic mass is 16.4. The zero-order chi connectivity index (χ0) is 10.0. The maximum Gasteiger partial charge on any atom is 0.332 e. The van der Waals surface area contributed by atoms with Crippen molar-refractivity contribution in [3.05, 3.63) is 11.1 Å². The third kappa shape index (κ3) is 2.08. The molecule has 2 N–H and O–H groups in total. The molecule has 1 rings (SSSR count). The molecule has 0 amide bonds. The molecule has 0 spiro atoms. The lowest BCUT2D eigenvalue weighted by Gasteiger charge is -2.19. The molecular weight excluding hydrogens is 172 g/mol. The van der Waals surface area contributed by atoms with Crippen LogP contribution in [0, 0.1) is 5.92 Å². The van der Waals surface area contributed by atoms with Crippen molar-refractivity contribution in [3.63, 3.8) is 0 Å². The maximum absolute atomic E-state index is 10.7. The monoisotopic (exact) mass is 184 g/mol. The Kier molecular flexibility index (Phi) is 2.70. The second kappa shape index (κ2) is 3.60. The fourth-order valence-electron chi connectivity index (χ4n) is 1.57. The fourth-order valence-corrected chi connectivity index (χ4v) is 1.57. The van der Waals surface area contributed by atoms with Crippen LogP contribution in [0.3, 0.4) is 0 Å². The molecule has 0 aromatic heterocycles. The summed E-state index contributed by atoms with van der Waals surface area (Å²) in [6.07, 6.45) is 1.51. The summed E-state index contributed by atoms with van der Waals surface area (Å²) in [6.45, 7) is 1.93. The lowest BCUT2D eigenvalue weighted by atomic mass is 9.85. The highest BCUT2D eigenvalue weighted by molar-refractivity contribution is 5.99. The van der Waals surface area contributed by atoms with Gasteiger partial charge in [0.2, 0.25) is 0 Å². The smallest absolute Gasteiger partial charge is 0.332 e. The first-order valence-corrected chi connectivity index (χ1v) is 4.21. The van der Waals surface area contributed by atoms with Crippen LogP contribution in [0.4, 0.5) is 0 Å². The van der Waals surface area contributed by atoms with Crippen LogP contribution in [-0.4, -0.2) is 22.2 Å². The molecule has 0 saturated carbocycles. The van der Waals surface area contributed by atoms with E-state index in [0.717, 1.165) is 6.42 Å². The maximum atomic E-state index is 10.7. The number of carboxylic acid groups (broad SMARTS) is 2. The van der Waals surface area contributed by atoms with Gasteiger partial charge >= 0.3 is 11.9 Å². The van der Waals surface area contributed by atoms with Crippen LogP contribution in [0.25, 0.3) is 0 Å². The molecule has 1 atom stereocenters. The molecule has 0 radical (unpaired) electrons. The predicted molar refractivity (Wildman–Crippen MR) is 45.3 cm³/mol. The van der Waals surface area contributed by atoms with Crippen LogP contribution in [-0.2, 0) is 9.59 Å². The SMILES string of the molecule is C[C@H]1CCC(C(=O)O)=C(C(=O)O)C1. The van der Waals surface area contributed by atoms with Crippen molar-refractivity contribution in [1.29, 1.82) is 0 Å². The van der Waals surface area contributed by atoms with Crippen molar-refractivity contribution < 1.29 is 19.8 Å². The molecule has 0 saturated heterocycles. The molecule has 0 aliphatic heterocycles. The average molecular weight is 184 g/mol. The first kappa shape index (κ1) is 9.77. The second-order valence-electron chi connectivity index (χ2n) is 3.42. The molecular formula is C9H12O4. The number of aliphatic carboxylic acids is 2. The Morgan fingerprint density at radius 3 is 2.23 bits per heavy atom. The van der Waals surface area contributed by atoms with E-state index in [1.165, 1.54) is 0 Å². The second-order valence-corrected chi connectivity index (χ2v) is 3.42. The van der Waals surface area contributed by atoms with Crippen molar-refractivity contribution in [2.24, 2.45) is 5.92 Å². The first-order chi connectivity index (χ1) is 6.02. The van der Waals surface area contributed by atoms with Gasteiger partial charge in [0.05, 0.1) is 0 Å². The molecule has 4 heteroatoms. The minimum Gasteiger partial charge on any atom is -0.478 e. The Morgan fingerprint density at radius 2 is 1.77 bits per heavy atom. The van der Waals surface area contributed by atoms with Gasteiger partial charge in [0.15, 0.2) is 0 Å². The predicted octanol–water partition coefficient (Wildman–Crippen LogP) is 1.27. The molecule has 0 aromatic rings. The summed E-state index contributed by atoms with van der Waals surface area (Å²) in [5, 5.41) is 17.5. The normalized spacial score (nSPS) is 23.0. The van der Waals surface area contributed by atoms with Crippen LogP contribution in [0.5, 0.6) is 0 Å². The summed E-state index contributed by atoms with van der Waals surface area (Å²) >= 11 is 0. The molecule has 72 valence electrons. The van der Waals surface area contributed by atoms with Crippen molar-refractivity contribution in [2.45, 2.75) is 26.2 Å². The van der Waals surface area contributed by atoms with Crippen LogP contribution in [0.15, 0.2) is 11.1 Å². The number of carboxylic acids is 2. The number of carbonyl (C=O) groups is 2. The minimum absolute atomic E-state index is 0.0746. The van der Waals surface area contributed by atoms with E-state index in [0.29, 0.717) is 12.8 Å². The zero-order valence-corrected chi connectivity index (χ0v) is 7.41. The summed E-state index contributed by atoms with van der Waals surface area (Å²) in [4.78, 5) is 21.3. The lowest BCUT2D eigenvalue weighted by Crippen LogP contribution is -2.18. The van der Waals surface area contributed by atoms with Crippen molar-refractivity contribution in [1.82, 2.24) is 0 Å². The molecule has 0 fully saturated rings. The van der Waals surface area contributed by atoms with Crippen molar-refractivity contribution in [2.75, 3.05) is 0 Å². The van der Waals surface area contributed by atoms with Crippen molar-refractivity contribution >= 4 is 11.9 Å². The Labute approximate surface area is 75.9 Å². The first-order valence-electron chi connectivity index (χ1n) is 4.21. The highest BCUT2D eigenvalue weighted by Crippen LogP contribution is 2.29. The van der Waals surface area contributed by atoms with E-state index in [1.54, 1.807) is 0 Å². The summed E-state index contributed by atoms with van der Waals surface area (Å²) in [5.41, 5.74) is 0.150. The van der Waals surface area contributed by atoms with E-state index >= 15 is 0 Å². The molecule has 1 aliphatic rings. The van der Waals surface area contributed by atoms with Gasteiger partial charge in [-0.3, -0.25) is 0 Å². The van der Waals surface area contributed by atoms with E-state index in [9.17, 15) is 9.59 Å². The molecule has 13 heavy (non-hydrogen) atoms. The Hall–Kier alpha value is -1.32. The zero-order valence-electron chi connectivity index (χ0n) is 7.41. The van der Waals surface area contributed by atoms with Gasteiger partial charge in [-0.05, 0) is 25.2 Å². The standard InChI is InChI=1S/C9H12O4/c1-5-2-3-6(8(10)11)7(4-5)9(12)13/h5H,2-4H2,1H3,(H,10,11)(H,12,13)/t5-/m0/s1. The van der Waals surface area contributed by atoms with Crippen LogP contribution in [0.2, 0.25) is 0 Å². The van der Waals surface area contributed by atoms with Gasteiger partial charge in [0.25, 0.3) is 0 Å². The molecule has 0 unspecified atom stereocenters. The largest absolute Gasteiger partial charge is 0.478 e. The van der Waals surface area contributed by atoms with Gasteiger partial charge in [-0.25, -0.2) is 9.59 Å². The van der Waals surface area contributed by atoms with Gasteiger partial charge in [-0.15, -0.1) is 0 Å². The summed E-state index contributed by atoms with van der Waals surface area (Å²) in [6, 6.07) is 0. The molecule has 0 aromatic carbocycles. The Morgan fingerprint density at radius 1 is 1.23 bits per heavy atom. The number of hydrogen-bond acceptors (Lipinski definition) is 2. The lowest BCUT2D eigenvalue weighted by molar-refractivity contribution is -0.136. The van der Waals surface area contributed by atoms with Gasteiger partial charge in [0.1, 0.15) is 0 Å². The molecule has 4 nitrogen and oxygen atoms in total. The fraction of sp³-hybridized carbons (Fsp3) is 0.556. The topological polar surface area (TPSA) is 74.6 Å². The van der Waals surface area contributed by atoms with Gasteiger partial charge in [-0.1, -0.05) is 6.92 Å². The minimum atomic E-state index is -1.09. The average Bonchev–Trinajstić information content (AvgIpc) is 2.03. The van der Waals surface area contributed by atoms with E-state index in [1.807, 2.05) is 6.92 Å². The summed E-state index contributed by atoms with van der Waals surface area (Å²) < 4.78 is 0. The summed E-state index contributed by atoms with van der Waals surface area (Å²) in [7, 11) is 0. The van der Waals surface area contributed by atoms with E-state index in [-0.39, 0.29) is 17.1 Å². The molecule has 0 heterocycles. The third-order valence-corrected chi connectivity index (χ3v) is 2.32. The van der Waals surface area contributed by atoms with Gasteiger partial charge < -0.3 is 10.2 Å². The van der Waals surface area contributed by atoms with Gasteiger partial charge in [-0.2, -0.15) is 0 Å². The number of hydrogen-bond donors (Lipinski definition) is 2. The molecule has 1 aliphatic carbocycles. The Balaban J connectivity index is 3.01. The third-order valence-electron chi connectivity index (χ3n) is 2.32. The molecule has 0 bridgehead atoms. The van der Waals surface area contributed by atoms with E-state index in [4.69, 9.17) is 10.2 Å². The van der Waals surface area contributed by atoms with Crippen molar-refractivity contribution in [3.8, 4) is 0 Å². The highest BCUT2D eigenvalue weighted by Gasteiger charge is 2.26. The Bertz CT molecular complexity index is 277. The van der Waals surface area contributed by atoms with E-state index in [2.05, 4.69) is 0 Å². The number of rotatable bonds is 2. The van der Waals surface area contributed by atoms with Crippen LogP contribution < -0.4 is 0 Å². The van der Waals surface area contributed by atoms with Crippen LogP contribution in [0.1, 0.15) is 26.2 Å². The summed E-state index contributed by atoms with van der Waals surface area (Å²) in [5.74, 6) is -1.91. The quantitative estimate of drug-likeness (QED) is 0.677. The van der Waals surface area contributed by atoms with Crippen LogP contribution >= 0.6 is 0 Å². The van der Waals surface area contributed by atoms with E-state index < -0.39 is 11.9 Å².